The Morgan fingerprint density at radius 2 is 2.08 bits per heavy atom. The summed E-state index contributed by atoms with van der Waals surface area (Å²) in [4.78, 5) is 29.7. The van der Waals surface area contributed by atoms with Crippen molar-refractivity contribution < 1.29 is 9.59 Å². The van der Waals surface area contributed by atoms with E-state index >= 15 is 0 Å². The minimum atomic E-state index is -0.447. The normalized spacial score (nSPS) is 10.1. The number of primary amides is 1. The summed E-state index contributed by atoms with van der Waals surface area (Å²) in [5.74, 6) is -0.686. The Labute approximate surface area is 151 Å². The van der Waals surface area contributed by atoms with E-state index in [0.29, 0.717) is 18.7 Å². The first kappa shape index (κ1) is 20.1. The van der Waals surface area contributed by atoms with E-state index in [0.717, 1.165) is 16.3 Å². The van der Waals surface area contributed by atoms with Gasteiger partial charge in [-0.25, -0.2) is 4.98 Å². The van der Waals surface area contributed by atoms with Gasteiger partial charge in [0.2, 0.25) is 5.91 Å². The van der Waals surface area contributed by atoms with Crippen LogP contribution in [0.1, 0.15) is 27.5 Å². The third kappa shape index (κ3) is 5.30. The Bertz CT molecular complexity index is 705. The largest absolute Gasteiger partial charge is 0.370 e. The smallest absolute Gasteiger partial charge is 0.277 e. The first-order valence-corrected chi connectivity index (χ1v) is 8.20. The molecule has 0 aliphatic rings. The molecule has 24 heavy (non-hydrogen) atoms. The highest BCUT2D eigenvalue weighted by atomic mass is 35.5. The zero-order chi connectivity index (χ0) is 16.8. The molecular weight excluding hydrogens is 348 g/mol. The van der Waals surface area contributed by atoms with E-state index in [-0.39, 0.29) is 31.3 Å². The first-order chi connectivity index (χ1) is 11.0. The van der Waals surface area contributed by atoms with E-state index in [4.69, 9.17) is 11.5 Å². The third-order valence-electron chi connectivity index (χ3n) is 3.27. The Morgan fingerprint density at radius 1 is 1.33 bits per heavy atom. The van der Waals surface area contributed by atoms with Crippen molar-refractivity contribution in [2.75, 3.05) is 18.0 Å². The van der Waals surface area contributed by atoms with Gasteiger partial charge in [-0.05, 0) is 31.2 Å². The number of nitrogens with two attached hydrogens (primary N) is 2. The summed E-state index contributed by atoms with van der Waals surface area (Å²) in [5.41, 5.74) is 12.9. The van der Waals surface area contributed by atoms with Crippen LogP contribution in [0.4, 0.5) is 5.69 Å². The molecule has 130 valence electrons. The summed E-state index contributed by atoms with van der Waals surface area (Å²) in [6.07, 6.45) is 0.739. The number of hydrogen-bond donors (Lipinski definition) is 2. The third-order valence-corrected chi connectivity index (χ3v) is 4.18. The van der Waals surface area contributed by atoms with Crippen LogP contribution in [0, 0.1) is 6.92 Å². The van der Waals surface area contributed by atoms with Crippen molar-refractivity contribution >= 4 is 41.2 Å². The number of carbonyl (C=O) groups excluding carboxylic acids is 2. The molecule has 0 unspecified atom stereocenters. The molecule has 4 N–H and O–H groups in total. The maximum absolute atomic E-state index is 12.8. The fraction of sp³-hybridized carbons (Fsp3) is 0.312. The van der Waals surface area contributed by atoms with Crippen molar-refractivity contribution in [3.63, 3.8) is 0 Å². The van der Waals surface area contributed by atoms with Crippen molar-refractivity contribution in [1.82, 2.24) is 4.98 Å². The molecule has 0 radical (unpaired) electrons. The number of rotatable bonds is 7. The lowest BCUT2D eigenvalue weighted by Crippen LogP contribution is -2.34. The number of nitrogens with zero attached hydrogens (tertiary/aromatic N) is 2. The molecule has 0 aliphatic carbocycles. The number of anilines is 1. The molecule has 6 nitrogen and oxygen atoms in total. The second-order valence-corrected chi connectivity index (χ2v) is 6.12. The predicted molar refractivity (Wildman–Crippen MR) is 98.8 cm³/mol. The second-order valence-electron chi connectivity index (χ2n) is 5.18. The number of aromatic nitrogens is 1. The average Bonchev–Trinajstić information content (AvgIpc) is 2.96. The molecule has 2 amide bonds. The average molecular weight is 369 g/mol. The summed E-state index contributed by atoms with van der Waals surface area (Å²) in [7, 11) is 0. The molecule has 0 saturated heterocycles. The lowest BCUT2D eigenvalue weighted by molar-refractivity contribution is -0.117. The maximum Gasteiger partial charge on any atom is 0.277 e. The van der Waals surface area contributed by atoms with Gasteiger partial charge in [-0.2, -0.15) is 0 Å². The number of amides is 2. The molecule has 0 aliphatic heterocycles. The monoisotopic (exact) mass is 368 g/mol. The number of hydrogen-bond acceptors (Lipinski definition) is 5. The zero-order valence-corrected chi connectivity index (χ0v) is 15.0. The summed E-state index contributed by atoms with van der Waals surface area (Å²) < 4.78 is 0. The van der Waals surface area contributed by atoms with Crippen LogP contribution in [0.2, 0.25) is 0 Å². The maximum atomic E-state index is 12.8. The fourth-order valence-electron chi connectivity index (χ4n) is 2.15. The first-order valence-electron chi connectivity index (χ1n) is 7.32. The Hall–Kier alpha value is -1.96. The van der Waals surface area contributed by atoms with Crippen LogP contribution < -0.4 is 16.4 Å². The minimum Gasteiger partial charge on any atom is -0.370 e. The Balaban J connectivity index is 0.00000288. The summed E-state index contributed by atoms with van der Waals surface area (Å²) in [5, 5.41) is 2.55. The van der Waals surface area contributed by atoms with Gasteiger partial charge in [0.25, 0.3) is 5.91 Å². The molecule has 2 rings (SSSR count). The molecule has 0 fully saturated rings. The number of aryl methyl sites for hydroxylation is 1. The van der Waals surface area contributed by atoms with Gasteiger partial charge in [0.05, 0.1) is 5.01 Å². The Morgan fingerprint density at radius 3 is 2.71 bits per heavy atom. The molecule has 1 heterocycles. The highest BCUT2D eigenvalue weighted by Crippen LogP contribution is 2.20. The van der Waals surface area contributed by atoms with E-state index in [1.165, 1.54) is 11.3 Å². The standard InChI is InChI=1S/C16H20N4O2S.ClH/c1-11-3-2-4-12(9-11)20(8-6-14(18)21)16(22)13-10-23-15(19-13)5-7-17;/h2-4,9-10H,5-8,17H2,1H3,(H2,18,21);1H. The van der Waals surface area contributed by atoms with Crippen LogP contribution in [0.3, 0.4) is 0 Å². The number of carbonyl (C=O) groups is 2. The molecule has 0 atom stereocenters. The van der Waals surface area contributed by atoms with E-state index in [1.807, 2.05) is 31.2 Å². The topological polar surface area (TPSA) is 102 Å². The van der Waals surface area contributed by atoms with E-state index < -0.39 is 5.91 Å². The lowest BCUT2D eigenvalue weighted by atomic mass is 10.2. The number of halogens is 1. The van der Waals surface area contributed by atoms with E-state index in [9.17, 15) is 9.59 Å². The predicted octanol–water partition coefficient (Wildman–Crippen LogP) is 1.90. The molecular formula is C16H21ClN4O2S. The van der Waals surface area contributed by atoms with Crippen LogP contribution in [0.5, 0.6) is 0 Å². The molecule has 2 aromatic rings. The SMILES string of the molecule is Cc1cccc(N(CCC(N)=O)C(=O)c2csc(CCN)n2)c1.Cl. The summed E-state index contributed by atoms with van der Waals surface area (Å²) in [6, 6.07) is 7.55. The minimum absolute atomic E-state index is 0. The van der Waals surface area contributed by atoms with Crippen molar-refractivity contribution in [3.05, 3.63) is 45.9 Å². The van der Waals surface area contributed by atoms with Crippen molar-refractivity contribution in [3.8, 4) is 0 Å². The lowest BCUT2D eigenvalue weighted by Gasteiger charge is -2.21. The highest BCUT2D eigenvalue weighted by Gasteiger charge is 2.21. The summed E-state index contributed by atoms with van der Waals surface area (Å²) >= 11 is 1.41. The van der Waals surface area contributed by atoms with Crippen molar-refractivity contribution in [2.24, 2.45) is 11.5 Å². The van der Waals surface area contributed by atoms with Crippen molar-refractivity contribution in [2.45, 2.75) is 19.8 Å². The quantitative estimate of drug-likeness (QED) is 0.778. The summed E-state index contributed by atoms with van der Waals surface area (Å²) in [6.45, 7) is 2.66. The van der Waals surface area contributed by atoms with Gasteiger partial charge in [-0.1, -0.05) is 12.1 Å². The second kappa shape index (κ2) is 9.36. The molecule has 1 aromatic carbocycles. The Kier molecular flexibility index (Phi) is 7.84. The van der Waals surface area contributed by atoms with Gasteiger partial charge in [0, 0.05) is 30.5 Å². The highest BCUT2D eigenvalue weighted by molar-refractivity contribution is 7.09. The molecule has 0 spiro atoms. The zero-order valence-electron chi connectivity index (χ0n) is 13.4. The fourth-order valence-corrected chi connectivity index (χ4v) is 2.94. The van der Waals surface area contributed by atoms with Crippen LogP contribution in [0.15, 0.2) is 29.6 Å². The van der Waals surface area contributed by atoms with E-state index in [2.05, 4.69) is 4.98 Å². The number of benzene rings is 1. The van der Waals surface area contributed by atoms with Crippen LogP contribution in [-0.4, -0.2) is 29.9 Å². The van der Waals surface area contributed by atoms with Gasteiger partial charge in [-0.15, -0.1) is 23.7 Å². The van der Waals surface area contributed by atoms with E-state index in [1.54, 1.807) is 10.3 Å². The van der Waals surface area contributed by atoms with Gasteiger partial charge < -0.3 is 16.4 Å². The van der Waals surface area contributed by atoms with Crippen LogP contribution in [0.25, 0.3) is 0 Å². The molecule has 0 bridgehead atoms. The van der Waals surface area contributed by atoms with Gasteiger partial charge in [0.15, 0.2) is 0 Å². The van der Waals surface area contributed by atoms with Gasteiger partial charge in [0.1, 0.15) is 5.69 Å². The van der Waals surface area contributed by atoms with Crippen LogP contribution in [-0.2, 0) is 11.2 Å². The van der Waals surface area contributed by atoms with Crippen LogP contribution >= 0.6 is 23.7 Å². The molecule has 0 saturated carbocycles. The van der Waals surface area contributed by atoms with Crippen molar-refractivity contribution in [1.29, 1.82) is 0 Å². The molecule has 1 aromatic heterocycles. The van der Waals surface area contributed by atoms with Gasteiger partial charge in [-0.3, -0.25) is 9.59 Å². The molecule has 8 heteroatoms. The number of thiazole rings is 1. The van der Waals surface area contributed by atoms with Gasteiger partial charge >= 0.3 is 0 Å².